The van der Waals surface area contributed by atoms with E-state index in [2.05, 4.69) is 5.32 Å². The average Bonchev–Trinajstić information content (AvgIpc) is 2.52. The molecule has 6 nitrogen and oxygen atoms in total. The Kier molecular flexibility index (Phi) is 6.40. The SMILES string of the molecule is NC(=O)CN1CCC[C@@H](C(=O)NCCCc2ccccc2O)C1. The van der Waals surface area contributed by atoms with Crippen LogP contribution in [0.5, 0.6) is 5.75 Å². The number of para-hydroxylation sites is 1. The Morgan fingerprint density at radius 3 is 2.87 bits per heavy atom. The fourth-order valence-electron chi connectivity index (χ4n) is 2.99. The Morgan fingerprint density at radius 1 is 1.35 bits per heavy atom. The van der Waals surface area contributed by atoms with Crippen molar-refractivity contribution in [2.45, 2.75) is 25.7 Å². The van der Waals surface area contributed by atoms with Crippen LogP contribution >= 0.6 is 0 Å². The van der Waals surface area contributed by atoms with E-state index in [1.807, 2.05) is 17.0 Å². The highest BCUT2D eigenvalue weighted by Gasteiger charge is 2.26. The van der Waals surface area contributed by atoms with Crippen LogP contribution in [0.3, 0.4) is 0 Å². The largest absolute Gasteiger partial charge is 0.508 e. The van der Waals surface area contributed by atoms with E-state index in [1.54, 1.807) is 12.1 Å². The van der Waals surface area contributed by atoms with Crippen molar-refractivity contribution in [1.82, 2.24) is 10.2 Å². The Hall–Kier alpha value is -2.08. The molecule has 0 saturated carbocycles. The Bertz CT molecular complexity index is 548. The number of aromatic hydroxyl groups is 1. The number of phenols is 1. The number of piperidine rings is 1. The summed E-state index contributed by atoms with van der Waals surface area (Å²) in [4.78, 5) is 25.1. The Labute approximate surface area is 136 Å². The van der Waals surface area contributed by atoms with Gasteiger partial charge in [-0.1, -0.05) is 18.2 Å². The van der Waals surface area contributed by atoms with Gasteiger partial charge in [0, 0.05) is 13.1 Å². The second-order valence-corrected chi connectivity index (χ2v) is 6.06. The zero-order chi connectivity index (χ0) is 16.7. The maximum absolute atomic E-state index is 12.2. The highest BCUT2D eigenvalue weighted by atomic mass is 16.3. The molecule has 1 aromatic rings. The fourth-order valence-corrected chi connectivity index (χ4v) is 2.99. The molecular formula is C17H25N3O3. The van der Waals surface area contributed by atoms with Crippen molar-refractivity contribution in [2.24, 2.45) is 11.7 Å². The minimum absolute atomic E-state index is 0.0384. The molecule has 1 atom stereocenters. The Balaban J connectivity index is 1.70. The van der Waals surface area contributed by atoms with E-state index in [4.69, 9.17) is 5.73 Å². The number of carbonyl (C=O) groups is 2. The van der Waals surface area contributed by atoms with Crippen LogP contribution in [0, 0.1) is 5.92 Å². The molecule has 0 bridgehead atoms. The van der Waals surface area contributed by atoms with Crippen LogP contribution in [0.15, 0.2) is 24.3 Å². The highest BCUT2D eigenvalue weighted by molar-refractivity contribution is 5.79. The topological polar surface area (TPSA) is 95.7 Å². The van der Waals surface area contributed by atoms with Gasteiger partial charge in [0.25, 0.3) is 0 Å². The summed E-state index contributed by atoms with van der Waals surface area (Å²) in [6.07, 6.45) is 3.26. The van der Waals surface area contributed by atoms with Crippen LogP contribution in [0.2, 0.25) is 0 Å². The van der Waals surface area contributed by atoms with Crippen molar-refractivity contribution in [2.75, 3.05) is 26.2 Å². The van der Waals surface area contributed by atoms with E-state index in [0.29, 0.717) is 18.8 Å². The first-order valence-electron chi connectivity index (χ1n) is 8.11. The summed E-state index contributed by atoms with van der Waals surface area (Å²) < 4.78 is 0. The van der Waals surface area contributed by atoms with Gasteiger partial charge in [-0.15, -0.1) is 0 Å². The van der Waals surface area contributed by atoms with Crippen LogP contribution in [-0.2, 0) is 16.0 Å². The molecule has 6 heteroatoms. The average molecular weight is 319 g/mol. The lowest BCUT2D eigenvalue weighted by Gasteiger charge is -2.30. The van der Waals surface area contributed by atoms with E-state index >= 15 is 0 Å². The molecule has 2 rings (SSSR count). The first-order valence-corrected chi connectivity index (χ1v) is 8.11. The molecule has 1 aliphatic heterocycles. The van der Waals surface area contributed by atoms with Crippen molar-refractivity contribution >= 4 is 11.8 Å². The molecule has 1 saturated heterocycles. The first kappa shape index (κ1) is 17.3. The number of rotatable bonds is 7. The third-order valence-corrected chi connectivity index (χ3v) is 4.17. The number of benzene rings is 1. The number of hydrogen-bond donors (Lipinski definition) is 3. The molecule has 23 heavy (non-hydrogen) atoms. The van der Waals surface area contributed by atoms with Crippen LogP contribution in [0.1, 0.15) is 24.8 Å². The van der Waals surface area contributed by atoms with E-state index in [-0.39, 0.29) is 24.3 Å². The molecule has 4 N–H and O–H groups in total. The van der Waals surface area contributed by atoms with Crippen molar-refractivity contribution in [3.8, 4) is 5.75 Å². The number of aryl methyl sites for hydroxylation is 1. The number of likely N-dealkylation sites (tertiary alicyclic amines) is 1. The monoisotopic (exact) mass is 319 g/mol. The van der Waals surface area contributed by atoms with Crippen LogP contribution < -0.4 is 11.1 Å². The quantitative estimate of drug-likeness (QED) is 0.643. The van der Waals surface area contributed by atoms with E-state index in [1.165, 1.54) is 0 Å². The van der Waals surface area contributed by atoms with Crippen LogP contribution in [-0.4, -0.2) is 48.0 Å². The number of phenolic OH excluding ortho intramolecular Hbond substituents is 1. The van der Waals surface area contributed by atoms with Gasteiger partial charge in [-0.05, 0) is 43.9 Å². The lowest BCUT2D eigenvalue weighted by Crippen LogP contribution is -2.45. The van der Waals surface area contributed by atoms with Crippen molar-refractivity contribution < 1.29 is 14.7 Å². The molecule has 1 heterocycles. The highest BCUT2D eigenvalue weighted by Crippen LogP contribution is 2.18. The zero-order valence-electron chi connectivity index (χ0n) is 13.3. The summed E-state index contributed by atoms with van der Waals surface area (Å²) in [7, 11) is 0. The number of nitrogens with two attached hydrogens (primary N) is 1. The molecular weight excluding hydrogens is 294 g/mol. The van der Waals surface area contributed by atoms with Crippen LogP contribution in [0.25, 0.3) is 0 Å². The van der Waals surface area contributed by atoms with Gasteiger partial charge >= 0.3 is 0 Å². The Morgan fingerprint density at radius 2 is 2.13 bits per heavy atom. The molecule has 126 valence electrons. The predicted molar refractivity (Wildman–Crippen MR) is 87.8 cm³/mol. The van der Waals surface area contributed by atoms with Gasteiger partial charge in [-0.3, -0.25) is 14.5 Å². The summed E-state index contributed by atoms with van der Waals surface area (Å²) in [5.74, 6) is -0.0911. The smallest absolute Gasteiger partial charge is 0.231 e. The van der Waals surface area contributed by atoms with Crippen molar-refractivity contribution in [3.63, 3.8) is 0 Å². The maximum Gasteiger partial charge on any atom is 0.231 e. The fraction of sp³-hybridized carbons (Fsp3) is 0.529. The van der Waals surface area contributed by atoms with Crippen LogP contribution in [0.4, 0.5) is 0 Å². The van der Waals surface area contributed by atoms with Gasteiger partial charge in [0.2, 0.25) is 11.8 Å². The maximum atomic E-state index is 12.2. The lowest BCUT2D eigenvalue weighted by atomic mass is 9.97. The third kappa shape index (κ3) is 5.56. The second-order valence-electron chi connectivity index (χ2n) is 6.06. The van der Waals surface area contributed by atoms with Gasteiger partial charge in [0.15, 0.2) is 0 Å². The summed E-state index contributed by atoms with van der Waals surface area (Å²) in [6.45, 7) is 2.21. The second kappa shape index (κ2) is 8.53. The lowest BCUT2D eigenvalue weighted by molar-refractivity contribution is -0.128. The molecule has 0 spiro atoms. The molecule has 1 fully saturated rings. The van der Waals surface area contributed by atoms with Gasteiger partial charge in [0.1, 0.15) is 5.75 Å². The summed E-state index contributed by atoms with van der Waals surface area (Å²) in [5, 5.41) is 12.6. The van der Waals surface area contributed by atoms with Gasteiger partial charge in [0.05, 0.1) is 12.5 Å². The number of primary amides is 1. The van der Waals surface area contributed by atoms with E-state index in [9.17, 15) is 14.7 Å². The summed E-state index contributed by atoms with van der Waals surface area (Å²) in [5.41, 5.74) is 6.10. The molecule has 0 radical (unpaired) electrons. The summed E-state index contributed by atoms with van der Waals surface area (Å²) >= 11 is 0. The van der Waals surface area contributed by atoms with Crippen molar-refractivity contribution in [1.29, 1.82) is 0 Å². The molecule has 0 aromatic heterocycles. The first-order chi connectivity index (χ1) is 11.1. The standard InChI is InChI=1S/C17H25N3O3/c18-16(22)12-20-10-4-7-14(11-20)17(23)19-9-3-6-13-5-1-2-8-15(13)21/h1-2,5,8,14,21H,3-4,6-7,9-12H2,(H2,18,22)(H,19,23)/t14-/m1/s1. The minimum Gasteiger partial charge on any atom is -0.508 e. The van der Waals surface area contributed by atoms with Gasteiger partial charge in [-0.25, -0.2) is 0 Å². The van der Waals surface area contributed by atoms with Gasteiger partial charge < -0.3 is 16.2 Å². The predicted octanol–water partition coefficient (Wildman–Crippen LogP) is 0.638. The van der Waals surface area contributed by atoms with E-state index < -0.39 is 0 Å². The molecule has 0 unspecified atom stereocenters. The molecule has 0 aliphatic carbocycles. The number of amides is 2. The van der Waals surface area contributed by atoms with E-state index in [0.717, 1.165) is 37.8 Å². The minimum atomic E-state index is -0.353. The van der Waals surface area contributed by atoms with Crippen molar-refractivity contribution in [3.05, 3.63) is 29.8 Å². The number of nitrogens with zero attached hydrogens (tertiary/aromatic N) is 1. The molecule has 1 aromatic carbocycles. The zero-order valence-corrected chi connectivity index (χ0v) is 13.3. The summed E-state index contributed by atoms with van der Waals surface area (Å²) in [6, 6.07) is 7.24. The number of hydrogen-bond acceptors (Lipinski definition) is 4. The van der Waals surface area contributed by atoms with Gasteiger partial charge in [-0.2, -0.15) is 0 Å². The number of carbonyl (C=O) groups excluding carboxylic acids is 2. The normalized spacial score (nSPS) is 18.5. The molecule has 2 amide bonds. The molecule has 1 aliphatic rings. The number of nitrogens with one attached hydrogen (secondary N) is 1. The third-order valence-electron chi connectivity index (χ3n) is 4.17.